The molecule has 0 spiro atoms. The van der Waals surface area contributed by atoms with E-state index in [0.717, 1.165) is 0 Å². The van der Waals surface area contributed by atoms with Crippen LogP contribution in [0.1, 0.15) is 21.6 Å². The Hall–Kier alpha value is -3.61. The summed E-state index contributed by atoms with van der Waals surface area (Å²) in [4.78, 5) is 12.0. The minimum atomic E-state index is -0.665. The summed E-state index contributed by atoms with van der Waals surface area (Å²) >= 11 is 0. The Morgan fingerprint density at radius 1 is 1.12 bits per heavy atom. The van der Waals surface area contributed by atoms with Gasteiger partial charge in [0.05, 0.1) is 24.0 Å². The first-order valence-electron chi connectivity index (χ1n) is 7.79. The Labute approximate surface area is 148 Å². The van der Waals surface area contributed by atoms with Crippen LogP contribution in [0, 0.1) is 5.82 Å². The zero-order valence-corrected chi connectivity index (χ0v) is 13.6. The normalized spacial score (nSPS) is 11.0. The van der Waals surface area contributed by atoms with E-state index in [1.54, 1.807) is 41.1 Å². The Morgan fingerprint density at radius 3 is 2.73 bits per heavy atom. The summed E-state index contributed by atoms with van der Waals surface area (Å²) in [6.45, 7) is 0.322. The average Bonchev–Trinajstić information content (AvgIpc) is 3.06. The number of benzene rings is 2. The summed E-state index contributed by atoms with van der Waals surface area (Å²) in [5.74, 6) is -1.86. The first-order chi connectivity index (χ1) is 12.6. The molecule has 1 aromatic heterocycles. The van der Waals surface area contributed by atoms with Gasteiger partial charge in [-0.05, 0) is 30.3 Å². The number of nitrogens with one attached hydrogen (secondary N) is 1. The Balaban J connectivity index is 1.70. The van der Waals surface area contributed by atoms with Gasteiger partial charge in [-0.1, -0.05) is 24.3 Å². The second kappa shape index (κ2) is 7.52. The molecule has 6 nitrogen and oxygen atoms in total. The van der Waals surface area contributed by atoms with Crippen molar-refractivity contribution in [3.05, 3.63) is 83.4 Å². The van der Waals surface area contributed by atoms with Gasteiger partial charge in [0.15, 0.2) is 11.5 Å². The highest BCUT2D eigenvalue weighted by Crippen LogP contribution is 2.27. The van der Waals surface area contributed by atoms with E-state index >= 15 is 0 Å². The van der Waals surface area contributed by atoms with Gasteiger partial charge in [-0.15, -0.1) is 0 Å². The van der Waals surface area contributed by atoms with E-state index in [0.29, 0.717) is 17.8 Å². The number of nitrogens with zero attached hydrogens (tertiary/aromatic N) is 2. The number of phenols is 2. The van der Waals surface area contributed by atoms with Crippen LogP contribution in [-0.4, -0.2) is 26.9 Å². The zero-order chi connectivity index (χ0) is 18.5. The molecule has 0 radical (unpaired) electrons. The minimum absolute atomic E-state index is 0.0936. The van der Waals surface area contributed by atoms with Crippen LogP contribution >= 0.6 is 0 Å². The number of rotatable bonds is 5. The number of aromatic hydroxyl groups is 2. The topological polar surface area (TPSA) is 86.9 Å². The third-order valence-electron chi connectivity index (χ3n) is 3.79. The van der Waals surface area contributed by atoms with E-state index in [1.807, 2.05) is 0 Å². The van der Waals surface area contributed by atoms with Gasteiger partial charge in [0.2, 0.25) is 0 Å². The molecule has 3 aromatic rings. The monoisotopic (exact) mass is 353 g/mol. The van der Waals surface area contributed by atoms with Crippen LogP contribution in [0.5, 0.6) is 11.5 Å². The predicted molar refractivity (Wildman–Crippen MR) is 94.8 cm³/mol. The SMILES string of the molecule is O=C(N/N=C/c1cccn1Cc1ccccc1F)c1cccc(O)c1O. The molecule has 0 aliphatic heterocycles. The minimum Gasteiger partial charge on any atom is -0.504 e. The molecule has 0 unspecified atom stereocenters. The van der Waals surface area contributed by atoms with Crippen LogP contribution in [0.2, 0.25) is 0 Å². The van der Waals surface area contributed by atoms with Crippen molar-refractivity contribution in [2.45, 2.75) is 6.54 Å². The van der Waals surface area contributed by atoms with Crippen molar-refractivity contribution in [1.29, 1.82) is 0 Å². The fourth-order valence-corrected chi connectivity index (χ4v) is 2.43. The maximum Gasteiger partial charge on any atom is 0.275 e. The Morgan fingerprint density at radius 2 is 1.92 bits per heavy atom. The number of amides is 1. The van der Waals surface area contributed by atoms with Crippen LogP contribution in [0.4, 0.5) is 4.39 Å². The molecule has 132 valence electrons. The van der Waals surface area contributed by atoms with E-state index in [2.05, 4.69) is 10.5 Å². The summed E-state index contributed by atoms with van der Waals surface area (Å²) in [5, 5.41) is 23.0. The van der Waals surface area contributed by atoms with E-state index in [4.69, 9.17) is 0 Å². The van der Waals surface area contributed by atoms with Gasteiger partial charge in [-0.25, -0.2) is 9.82 Å². The molecule has 26 heavy (non-hydrogen) atoms. The molecule has 3 N–H and O–H groups in total. The number of carbonyl (C=O) groups excluding carboxylic acids is 1. The second-order valence-corrected chi connectivity index (χ2v) is 5.52. The molecular formula is C19H16FN3O3. The van der Waals surface area contributed by atoms with Crippen LogP contribution in [0.15, 0.2) is 65.9 Å². The van der Waals surface area contributed by atoms with Crippen molar-refractivity contribution < 1.29 is 19.4 Å². The van der Waals surface area contributed by atoms with Crippen LogP contribution in [0.25, 0.3) is 0 Å². The number of hydrazone groups is 1. The largest absolute Gasteiger partial charge is 0.504 e. The highest BCUT2D eigenvalue weighted by atomic mass is 19.1. The van der Waals surface area contributed by atoms with Crippen LogP contribution in [0.3, 0.4) is 0 Å². The standard InChI is InChI=1S/C19H16FN3O3/c20-16-8-2-1-5-13(16)12-23-10-4-6-14(23)11-21-22-19(26)15-7-3-9-17(24)18(15)25/h1-11,24-25H,12H2,(H,22,26)/b21-11+. The number of carbonyl (C=O) groups is 1. The van der Waals surface area contributed by atoms with Gasteiger partial charge >= 0.3 is 0 Å². The fraction of sp³-hybridized carbons (Fsp3) is 0.0526. The summed E-state index contributed by atoms with van der Waals surface area (Å²) in [6, 6.07) is 14.1. The summed E-state index contributed by atoms with van der Waals surface area (Å²) in [6.07, 6.45) is 3.19. The van der Waals surface area contributed by atoms with Crippen molar-refractivity contribution in [3.8, 4) is 11.5 Å². The molecule has 3 rings (SSSR count). The van der Waals surface area contributed by atoms with Crippen molar-refractivity contribution in [3.63, 3.8) is 0 Å². The van der Waals surface area contributed by atoms with E-state index in [-0.39, 0.29) is 17.1 Å². The molecule has 0 fully saturated rings. The predicted octanol–water partition coefficient (Wildman–Crippen LogP) is 2.85. The van der Waals surface area contributed by atoms with Crippen molar-refractivity contribution >= 4 is 12.1 Å². The lowest BCUT2D eigenvalue weighted by Gasteiger charge is -2.07. The summed E-state index contributed by atoms with van der Waals surface area (Å²) < 4.78 is 15.6. The third kappa shape index (κ3) is 3.72. The van der Waals surface area contributed by atoms with Gasteiger partial charge in [-0.3, -0.25) is 4.79 Å². The molecule has 1 amide bonds. The Bertz CT molecular complexity index is 966. The lowest BCUT2D eigenvalue weighted by molar-refractivity contribution is 0.0951. The highest BCUT2D eigenvalue weighted by molar-refractivity contribution is 5.98. The smallest absolute Gasteiger partial charge is 0.275 e. The average molecular weight is 353 g/mol. The maximum atomic E-state index is 13.8. The molecule has 0 aliphatic carbocycles. The number of phenolic OH excluding ortho intramolecular Hbond substituents is 2. The van der Waals surface area contributed by atoms with Crippen molar-refractivity contribution in [1.82, 2.24) is 9.99 Å². The third-order valence-corrected chi connectivity index (χ3v) is 3.79. The van der Waals surface area contributed by atoms with Crippen LogP contribution < -0.4 is 5.43 Å². The quantitative estimate of drug-likeness (QED) is 0.374. The molecule has 0 saturated carbocycles. The maximum absolute atomic E-state index is 13.8. The number of para-hydroxylation sites is 1. The van der Waals surface area contributed by atoms with Gasteiger partial charge in [0.1, 0.15) is 5.82 Å². The molecule has 1 heterocycles. The van der Waals surface area contributed by atoms with Gasteiger partial charge in [-0.2, -0.15) is 5.10 Å². The van der Waals surface area contributed by atoms with E-state index < -0.39 is 11.7 Å². The number of hydrogen-bond donors (Lipinski definition) is 3. The number of hydrogen-bond acceptors (Lipinski definition) is 4. The van der Waals surface area contributed by atoms with Gasteiger partial charge in [0, 0.05) is 11.8 Å². The molecule has 0 bridgehead atoms. The van der Waals surface area contributed by atoms with Crippen molar-refractivity contribution in [2.24, 2.45) is 5.10 Å². The Kier molecular flexibility index (Phi) is 4.98. The molecule has 0 atom stereocenters. The first kappa shape index (κ1) is 17.2. The van der Waals surface area contributed by atoms with Gasteiger partial charge in [0.25, 0.3) is 5.91 Å². The molecular weight excluding hydrogens is 337 g/mol. The van der Waals surface area contributed by atoms with Crippen molar-refractivity contribution in [2.75, 3.05) is 0 Å². The molecule has 7 heteroatoms. The zero-order valence-electron chi connectivity index (χ0n) is 13.6. The number of halogens is 1. The summed E-state index contributed by atoms with van der Waals surface area (Å²) in [7, 11) is 0. The fourth-order valence-electron chi connectivity index (χ4n) is 2.43. The number of aromatic nitrogens is 1. The van der Waals surface area contributed by atoms with Gasteiger partial charge < -0.3 is 14.8 Å². The molecule has 0 saturated heterocycles. The first-order valence-corrected chi connectivity index (χ1v) is 7.79. The van der Waals surface area contributed by atoms with E-state index in [1.165, 1.54) is 30.5 Å². The summed E-state index contributed by atoms with van der Waals surface area (Å²) in [5.41, 5.74) is 3.38. The molecule has 2 aromatic carbocycles. The molecule has 0 aliphatic rings. The lowest BCUT2D eigenvalue weighted by atomic mass is 10.2. The highest BCUT2D eigenvalue weighted by Gasteiger charge is 2.13. The van der Waals surface area contributed by atoms with E-state index in [9.17, 15) is 19.4 Å². The lowest BCUT2D eigenvalue weighted by Crippen LogP contribution is -2.18. The second-order valence-electron chi connectivity index (χ2n) is 5.52. The van der Waals surface area contributed by atoms with Crippen LogP contribution in [-0.2, 0) is 6.54 Å².